The first-order valence-electron chi connectivity index (χ1n) is 13.6. The van der Waals surface area contributed by atoms with Crippen molar-refractivity contribution in [3.8, 4) is 5.75 Å². The van der Waals surface area contributed by atoms with Crippen LogP contribution in [0.2, 0.25) is 0 Å². The number of aryl methyl sites for hydroxylation is 1. The van der Waals surface area contributed by atoms with Crippen LogP contribution in [0.4, 0.5) is 26.7 Å². The molecule has 0 unspecified atom stereocenters. The number of carbonyl (C=O) groups excluding carboxylic acids is 4. The molecule has 1 aromatic carbocycles. The molecule has 4 rings (SSSR count). The first kappa shape index (κ1) is 35.9. The first-order chi connectivity index (χ1) is 21.5. The Hall–Kier alpha value is -4.58. The molecule has 2 aromatic rings. The highest BCUT2D eigenvalue weighted by atomic mass is 19.4. The minimum absolute atomic E-state index is 0.0647. The van der Waals surface area contributed by atoms with Gasteiger partial charge in [-0.1, -0.05) is 6.07 Å². The van der Waals surface area contributed by atoms with Crippen LogP contribution in [0.15, 0.2) is 29.2 Å². The smallest absolute Gasteiger partial charge is 0.451 e. The second kappa shape index (κ2) is 15.1. The van der Waals surface area contributed by atoms with Gasteiger partial charge in [0.25, 0.3) is 5.91 Å². The average molecular weight is 663 g/mol. The van der Waals surface area contributed by atoms with E-state index in [1.54, 1.807) is 25.9 Å². The maximum atomic E-state index is 14.0. The van der Waals surface area contributed by atoms with Crippen LogP contribution in [0.25, 0.3) is 0 Å². The number of rotatable bonds is 10. The van der Waals surface area contributed by atoms with E-state index in [1.807, 2.05) is 0 Å². The van der Waals surface area contributed by atoms with E-state index in [2.05, 4.69) is 5.73 Å². The minimum Gasteiger partial charge on any atom is -0.451 e. The quantitative estimate of drug-likeness (QED) is 0.173. The first-order valence-corrected chi connectivity index (χ1v) is 13.6. The fourth-order valence-corrected chi connectivity index (χ4v) is 4.39. The summed E-state index contributed by atoms with van der Waals surface area (Å²) < 4.78 is 81.7. The molecule has 18 heteroatoms. The summed E-state index contributed by atoms with van der Waals surface area (Å²) in [4.78, 5) is 64.1. The van der Waals surface area contributed by atoms with Gasteiger partial charge in [0, 0.05) is 25.2 Å². The van der Waals surface area contributed by atoms with E-state index in [0.717, 1.165) is 6.07 Å². The Morgan fingerprint density at radius 3 is 2.41 bits per heavy atom. The third-order valence-electron chi connectivity index (χ3n) is 6.70. The molecule has 1 aromatic heterocycles. The molecule has 2 aliphatic heterocycles. The Morgan fingerprint density at radius 2 is 1.80 bits per heavy atom. The maximum absolute atomic E-state index is 14.0. The monoisotopic (exact) mass is 662 g/mol. The standard InChI is InChI=1S/C26H29F2N3O8.C2H2F3NO/c1-15-13-37-21-12-30-11-18(20(32)7-5-16-4-6-17(27)10-19(16)28)23(33)24(22(30)25(34)31(15)21)38-14-39-26(35)36-9-8-29(2)3;3-2(4,5)1(6)7/h4,6,10-11,15,21H,5,7-9,12-14H2,1-3H3;(H2,6,7)/t15-,21+;/m0./s1. The summed E-state index contributed by atoms with van der Waals surface area (Å²) in [6, 6.07) is 2.76. The maximum Gasteiger partial charge on any atom is 0.511 e. The van der Waals surface area contributed by atoms with Crippen molar-refractivity contribution in [1.29, 1.82) is 0 Å². The van der Waals surface area contributed by atoms with E-state index < -0.39 is 65.8 Å². The molecule has 0 saturated carbocycles. The van der Waals surface area contributed by atoms with Crippen LogP contribution >= 0.6 is 0 Å². The lowest BCUT2D eigenvalue weighted by atomic mass is 10.0. The highest BCUT2D eigenvalue weighted by Crippen LogP contribution is 2.30. The van der Waals surface area contributed by atoms with Gasteiger partial charge in [0.05, 0.1) is 24.8 Å². The molecule has 0 spiro atoms. The number of carbonyl (C=O) groups is 4. The van der Waals surface area contributed by atoms with Gasteiger partial charge in [-0.25, -0.2) is 13.6 Å². The number of halogens is 5. The topological polar surface area (TPSA) is 160 Å². The summed E-state index contributed by atoms with van der Waals surface area (Å²) in [6.45, 7) is 2.00. The van der Waals surface area contributed by atoms with E-state index in [-0.39, 0.29) is 48.9 Å². The van der Waals surface area contributed by atoms with Crippen LogP contribution < -0.4 is 15.9 Å². The van der Waals surface area contributed by atoms with Crippen molar-refractivity contribution in [3.63, 3.8) is 0 Å². The Labute approximate surface area is 258 Å². The Kier molecular flexibility index (Phi) is 11.8. The SMILES string of the molecule is C[C@H]1CO[C@@H]2Cn3cc(C(=O)CCc4ccc(F)cc4F)c(=O)c(OCOC(=O)OCCN(C)C)c3C(=O)N12.NC(=O)C(F)(F)F. The van der Waals surface area contributed by atoms with E-state index in [9.17, 15) is 41.1 Å². The van der Waals surface area contributed by atoms with Crippen molar-refractivity contribution in [3.05, 3.63) is 63.1 Å². The number of ether oxygens (including phenoxy) is 4. The zero-order valence-electron chi connectivity index (χ0n) is 24.9. The van der Waals surface area contributed by atoms with Crippen molar-refractivity contribution in [2.24, 2.45) is 5.73 Å². The Morgan fingerprint density at radius 1 is 1.13 bits per heavy atom. The van der Waals surface area contributed by atoms with Gasteiger partial charge in [0.2, 0.25) is 18.0 Å². The number of primary amides is 1. The molecule has 2 atom stereocenters. The van der Waals surface area contributed by atoms with E-state index >= 15 is 0 Å². The van der Waals surface area contributed by atoms with Crippen molar-refractivity contribution in [2.75, 3.05) is 40.6 Å². The van der Waals surface area contributed by atoms with E-state index in [4.69, 9.17) is 23.7 Å². The lowest BCUT2D eigenvalue weighted by Crippen LogP contribution is -2.49. The number of pyridine rings is 1. The minimum atomic E-state index is -4.86. The molecule has 46 heavy (non-hydrogen) atoms. The van der Waals surface area contributed by atoms with Crippen molar-refractivity contribution >= 4 is 23.8 Å². The van der Waals surface area contributed by atoms with Crippen LogP contribution in [-0.2, 0) is 32.0 Å². The molecule has 252 valence electrons. The van der Waals surface area contributed by atoms with Gasteiger partial charge in [-0.2, -0.15) is 13.2 Å². The van der Waals surface area contributed by atoms with Crippen LogP contribution in [0, 0.1) is 11.6 Å². The Balaban J connectivity index is 0.000000738. The van der Waals surface area contributed by atoms with E-state index in [0.29, 0.717) is 19.2 Å². The predicted molar refractivity (Wildman–Crippen MR) is 147 cm³/mol. The highest BCUT2D eigenvalue weighted by molar-refractivity contribution is 6.00. The lowest BCUT2D eigenvalue weighted by Gasteiger charge is -2.34. The summed E-state index contributed by atoms with van der Waals surface area (Å²) in [5.74, 6) is -5.44. The van der Waals surface area contributed by atoms with Gasteiger partial charge >= 0.3 is 18.2 Å². The van der Waals surface area contributed by atoms with Crippen LogP contribution in [0.5, 0.6) is 5.75 Å². The number of fused-ring (bicyclic) bond motifs is 2. The molecule has 0 aliphatic carbocycles. The molecule has 2 amide bonds. The number of amides is 2. The van der Waals surface area contributed by atoms with Gasteiger partial charge in [-0.05, 0) is 39.1 Å². The number of Topliss-reactive ketones (excluding diaryl/α,β-unsaturated/α-hetero) is 1. The fraction of sp³-hybridized carbons (Fsp3) is 0.464. The second-order valence-corrected chi connectivity index (χ2v) is 10.4. The number of hydrogen-bond acceptors (Lipinski definition) is 10. The lowest BCUT2D eigenvalue weighted by molar-refractivity contribution is -0.169. The molecule has 2 N–H and O–H groups in total. The number of nitrogens with two attached hydrogens (primary N) is 1. The summed E-state index contributed by atoms with van der Waals surface area (Å²) in [7, 11) is 3.60. The molecule has 3 heterocycles. The summed E-state index contributed by atoms with van der Waals surface area (Å²) in [5, 5.41) is 0. The normalized spacial score (nSPS) is 17.1. The third-order valence-corrected chi connectivity index (χ3v) is 6.70. The zero-order chi connectivity index (χ0) is 34.3. The second-order valence-electron chi connectivity index (χ2n) is 10.4. The zero-order valence-corrected chi connectivity index (χ0v) is 24.9. The molecule has 1 saturated heterocycles. The summed E-state index contributed by atoms with van der Waals surface area (Å²) in [6.07, 6.45) is -5.59. The van der Waals surface area contributed by atoms with Crippen molar-refractivity contribution in [1.82, 2.24) is 14.4 Å². The molecule has 2 aliphatic rings. The van der Waals surface area contributed by atoms with Crippen LogP contribution in [0.3, 0.4) is 0 Å². The van der Waals surface area contributed by atoms with Crippen molar-refractivity contribution < 1.29 is 60.1 Å². The van der Waals surface area contributed by atoms with Gasteiger partial charge in [0.1, 0.15) is 18.2 Å². The van der Waals surface area contributed by atoms with E-state index in [1.165, 1.54) is 21.7 Å². The number of hydrogen-bond donors (Lipinski definition) is 1. The van der Waals surface area contributed by atoms with Crippen LogP contribution in [0.1, 0.15) is 39.8 Å². The molecular formula is C28H31F5N4O9. The number of ketones is 1. The number of aromatic nitrogens is 1. The van der Waals surface area contributed by atoms with Gasteiger partial charge in [-0.15, -0.1) is 0 Å². The molecule has 13 nitrogen and oxygen atoms in total. The molecule has 0 bridgehead atoms. The predicted octanol–water partition coefficient (Wildman–Crippen LogP) is 2.23. The van der Waals surface area contributed by atoms with Crippen LogP contribution in [-0.4, -0.2) is 97.2 Å². The van der Waals surface area contributed by atoms with Gasteiger partial charge in [0.15, 0.2) is 17.7 Å². The molecule has 1 fully saturated rings. The number of likely N-dealkylation sites (N-methyl/N-ethyl adjacent to an activating group) is 1. The number of nitrogens with zero attached hydrogens (tertiary/aromatic N) is 3. The fourth-order valence-electron chi connectivity index (χ4n) is 4.39. The highest BCUT2D eigenvalue weighted by Gasteiger charge is 2.43. The average Bonchev–Trinajstić information content (AvgIpc) is 3.33. The summed E-state index contributed by atoms with van der Waals surface area (Å²) in [5.41, 5.74) is 2.63. The molecular weight excluding hydrogens is 631 g/mol. The third kappa shape index (κ3) is 9.00. The largest absolute Gasteiger partial charge is 0.511 e. The van der Waals surface area contributed by atoms with Gasteiger partial charge in [-0.3, -0.25) is 19.2 Å². The van der Waals surface area contributed by atoms with Gasteiger partial charge < -0.3 is 39.0 Å². The number of alkyl halides is 3. The Bertz CT molecular complexity index is 1530. The molecule has 0 radical (unpaired) electrons. The van der Waals surface area contributed by atoms with Crippen molar-refractivity contribution in [2.45, 2.75) is 44.8 Å². The summed E-state index contributed by atoms with van der Waals surface area (Å²) >= 11 is 0. The number of benzene rings is 1.